The van der Waals surface area contributed by atoms with Crippen LogP contribution in [0.4, 0.5) is 0 Å². The number of carbonyl (C=O) groups excluding carboxylic acids is 1. The fourth-order valence-corrected chi connectivity index (χ4v) is 5.34. The molecule has 0 aliphatic rings. The number of carbonyl (C=O) groups is 1. The van der Waals surface area contributed by atoms with E-state index in [1.165, 1.54) is 18.7 Å². The first-order valence-corrected chi connectivity index (χ1v) is 12.2. The highest BCUT2D eigenvalue weighted by molar-refractivity contribution is 7.98. The topological polar surface area (TPSA) is 64.8 Å². The molecule has 0 saturated heterocycles. The van der Waals surface area contributed by atoms with Crippen molar-refractivity contribution >= 4 is 39.8 Å². The number of fused-ring (bicyclic) bond motifs is 1. The van der Waals surface area contributed by atoms with Gasteiger partial charge in [0.15, 0.2) is 10.9 Å². The van der Waals surface area contributed by atoms with Crippen LogP contribution in [0.2, 0.25) is 0 Å². The van der Waals surface area contributed by atoms with E-state index in [2.05, 4.69) is 0 Å². The molecule has 3 aromatic carbocycles. The molecule has 0 fully saturated rings. The average Bonchev–Trinajstić information content (AvgIpc) is 3.33. The number of para-hydroxylation sites is 1. The molecule has 2 aromatic heterocycles. The summed E-state index contributed by atoms with van der Waals surface area (Å²) < 4.78 is 1.61. The molecular weight excluding hydrogens is 450 g/mol. The van der Waals surface area contributed by atoms with Gasteiger partial charge in [-0.1, -0.05) is 54.2 Å². The number of ketones is 1. The fraction of sp³-hybridized carbons (Fsp3) is 0.0769. The van der Waals surface area contributed by atoms with Crippen LogP contribution < -0.4 is 5.56 Å². The van der Waals surface area contributed by atoms with Crippen molar-refractivity contribution in [3.8, 4) is 16.3 Å². The number of Topliss-reactive ketones (excluding diaryl/α,β-unsaturated/α-hetero) is 1. The van der Waals surface area contributed by atoms with Gasteiger partial charge in [0, 0.05) is 22.3 Å². The Bertz CT molecular complexity index is 1510. The lowest BCUT2D eigenvalue weighted by atomic mass is 10.1. The van der Waals surface area contributed by atoms with E-state index in [0.29, 0.717) is 33.1 Å². The third-order valence-electron chi connectivity index (χ3n) is 5.20. The maximum atomic E-state index is 13.4. The minimum Gasteiger partial charge on any atom is -0.295 e. The molecule has 0 N–H and O–H groups in total. The molecule has 2 heterocycles. The number of rotatable bonds is 6. The number of thioether (sulfide) groups is 1. The van der Waals surface area contributed by atoms with Gasteiger partial charge in [-0.2, -0.15) is 0 Å². The molecule has 0 radical (unpaired) electrons. The van der Waals surface area contributed by atoms with Crippen LogP contribution in [-0.2, 0) is 5.75 Å². The molecule has 0 aliphatic heterocycles. The molecule has 0 bridgehead atoms. The summed E-state index contributed by atoms with van der Waals surface area (Å²) in [5, 5.41) is 4.15. The first-order chi connectivity index (χ1) is 16.1. The zero-order chi connectivity index (χ0) is 22.8. The van der Waals surface area contributed by atoms with Gasteiger partial charge in [-0.15, -0.1) is 11.3 Å². The number of benzene rings is 3. The number of aromatic nitrogens is 3. The lowest BCUT2D eigenvalue weighted by molar-refractivity contribution is 0.101. The van der Waals surface area contributed by atoms with Crippen molar-refractivity contribution < 1.29 is 4.79 Å². The van der Waals surface area contributed by atoms with Crippen LogP contribution in [0.3, 0.4) is 0 Å². The van der Waals surface area contributed by atoms with Crippen LogP contribution in [0.15, 0.2) is 94.2 Å². The monoisotopic (exact) mass is 469 g/mol. The summed E-state index contributed by atoms with van der Waals surface area (Å²) in [5.41, 5.74) is 3.82. The van der Waals surface area contributed by atoms with Crippen LogP contribution in [0.1, 0.15) is 23.0 Å². The molecule has 0 atom stereocenters. The summed E-state index contributed by atoms with van der Waals surface area (Å²) in [6, 6.07) is 24.5. The Morgan fingerprint density at radius 2 is 1.67 bits per heavy atom. The van der Waals surface area contributed by atoms with E-state index in [9.17, 15) is 9.59 Å². The van der Waals surface area contributed by atoms with E-state index < -0.39 is 0 Å². The second kappa shape index (κ2) is 9.13. The van der Waals surface area contributed by atoms with Gasteiger partial charge >= 0.3 is 0 Å². The summed E-state index contributed by atoms with van der Waals surface area (Å²) in [5.74, 6) is 0.567. The highest BCUT2D eigenvalue weighted by Gasteiger charge is 2.15. The van der Waals surface area contributed by atoms with Crippen LogP contribution >= 0.6 is 23.1 Å². The zero-order valence-electron chi connectivity index (χ0n) is 17.8. The Balaban J connectivity index is 1.52. The van der Waals surface area contributed by atoms with Crippen LogP contribution in [0, 0.1) is 0 Å². The third-order valence-corrected chi connectivity index (χ3v) is 7.11. The molecule has 5 rings (SSSR count). The van der Waals surface area contributed by atoms with E-state index in [1.54, 1.807) is 46.2 Å². The minimum absolute atomic E-state index is 0.0158. The number of thiazole rings is 1. The van der Waals surface area contributed by atoms with Crippen molar-refractivity contribution in [2.24, 2.45) is 0 Å². The second-order valence-electron chi connectivity index (χ2n) is 7.45. The van der Waals surface area contributed by atoms with Crippen molar-refractivity contribution in [1.29, 1.82) is 0 Å². The standard InChI is InChI=1S/C26H19N3O2S2/c1-17(30)18-11-13-21(14-12-18)29-25(31)22-9-5-6-10-23(22)28-26(29)33-16-20-15-32-24(27-20)19-7-3-2-4-8-19/h2-15H,16H2,1H3. The van der Waals surface area contributed by atoms with E-state index in [1.807, 2.05) is 53.9 Å². The Hall–Kier alpha value is -3.55. The second-order valence-corrected chi connectivity index (χ2v) is 9.25. The van der Waals surface area contributed by atoms with E-state index >= 15 is 0 Å². The predicted molar refractivity (Wildman–Crippen MR) is 134 cm³/mol. The normalized spacial score (nSPS) is 11.1. The predicted octanol–water partition coefficient (Wildman–Crippen LogP) is 6.00. The molecule has 162 valence electrons. The quantitative estimate of drug-likeness (QED) is 0.173. The van der Waals surface area contributed by atoms with E-state index in [0.717, 1.165) is 16.3 Å². The minimum atomic E-state index is -0.137. The lowest BCUT2D eigenvalue weighted by Crippen LogP contribution is -2.21. The molecule has 33 heavy (non-hydrogen) atoms. The maximum absolute atomic E-state index is 13.4. The summed E-state index contributed by atoms with van der Waals surface area (Å²) in [7, 11) is 0. The summed E-state index contributed by atoms with van der Waals surface area (Å²) in [6.45, 7) is 1.53. The molecule has 0 spiro atoms. The van der Waals surface area contributed by atoms with Crippen LogP contribution in [-0.4, -0.2) is 20.3 Å². The van der Waals surface area contributed by atoms with Gasteiger partial charge in [0.1, 0.15) is 5.01 Å². The van der Waals surface area contributed by atoms with Gasteiger partial charge in [-0.25, -0.2) is 9.97 Å². The smallest absolute Gasteiger partial charge is 0.266 e. The van der Waals surface area contributed by atoms with Crippen LogP contribution in [0.25, 0.3) is 27.2 Å². The zero-order valence-corrected chi connectivity index (χ0v) is 19.4. The summed E-state index contributed by atoms with van der Waals surface area (Å²) in [6.07, 6.45) is 0. The van der Waals surface area contributed by atoms with Gasteiger partial charge in [0.25, 0.3) is 5.56 Å². The van der Waals surface area contributed by atoms with Gasteiger partial charge in [0.05, 0.1) is 22.3 Å². The molecule has 5 nitrogen and oxygen atoms in total. The maximum Gasteiger partial charge on any atom is 0.266 e. The van der Waals surface area contributed by atoms with Crippen molar-refractivity contribution in [2.45, 2.75) is 17.8 Å². The fourth-order valence-electron chi connectivity index (χ4n) is 3.51. The van der Waals surface area contributed by atoms with Gasteiger partial charge in [0.2, 0.25) is 0 Å². The highest BCUT2D eigenvalue weighted by atomic mass is 32.2. The number of hydrogen-bond donors (Lipinski definition) is 0. The molecule has 0 aliphatic carbocycles. The van der Waals surface area contributed by atoms with Crippen molar-refractivity contribution in [3.63, 3.8) is 0 Å². The van der Waals surface area contributed by atoms with E-state index in [4.69, 9.17) is 9.97 Å². The molecular formula is C26H19N3O2S2. The first-order valence-electron chi connectivity index (χ1n) is 10.4. The Morgan fingerprint density at radius 1 is 0.939 bits per heavy atom. The molecule has 0 saturated carbocycles. The van der Waals surface area contributed by atoms with Crippen molar-refractivity contribution in [3.05, 3.63) is 106 Å². The Labute approximate surface area is 198 Å². The lowest BCUT2D eigenvalue weighted by Gasteiger charge is -2.13. The average molecular weight is 470 g/mol. The van der Waals surface area contributed by atoms with Gasteiger partial charge in [-0.3, -0.25) is 14.2 Å². The summed E-state index contributed by atoms with van der Waals surface area (Å²) >= 11 is 3.08. The molecule has 5 aromatic rings. The number of nitrogens with zero attached hydrogens (tertiary/aromatic N) is 3. The highest BCUT2D eigenvalue weighted by Crippen LogP contribution is 2.28. The Kier molecular flexibility index (Phi) is 5.90. The van der Waals surface area contributed by atoms with Gasteiger partial charge < -0.3 is 0 Å². The van der Waals surface area contributed by atoms with Gasteiger partial charge in [-0.05, 0) is 43.3 Å². The SMILES string of the molecule is CC(=O)c1ccc(-n2c(SCc3csc(-c4ccccc4)n3)nc3ccccc3c2=O)cc1. The van der Waals surface area contributed by atoms with Crippen LogP contribution in [0.5, 0.6) is 0 Å². The molecule has 7 heteroatoms. The Morgan fingerprint density at radius 3 is 2.42 bits per heavy atom. The molecule has 0 amide bonds. The number of hydrogen-bond acceptors (Lipinski definition) is 6. The summed E-state index contributed by atoms with van der Waals surface area (Å²) in [4.78, 5) is 34.6. The van der Waals surface area contributed by atoms with Crippen molar-refractivity contribution in [2.75, 3.05) is 0 Å². The van der Waals surface area contributed by atoms with Crippen molar-refractivity contribution in [1.82, 2.24) is 14.5 Å². The van der Waals surface area contributed by atoms with E-state index in [-0.39, 0.29) is 11.3 Å². The molecule has 0 unspecified atom stereocenters. The first kappa shape index (κ1) is 21.3. The largest absolute Gasteiger partial charge is 0.295 e. The third kappa shape index (κ3) is 4.37.